The van der Waals surface area contributed by atoms with Gasteiger partial charge in [-0.1, -0.05) is 42.1 Å². The van der Waals surface area contributed by atoms with Crippen LogP contribution in [0.3, 0.4) is 0 Å². The van der Waals surface area contributed by atoms with Gasteiger partial charge in [0.15, 0.2) is 5.17 Å². The maximum Gasteiger partial charge on any atom is 0.238 e. The smallest absolute Gasteiger partial charge is 0.238 e. The third kappa shape index (κ3) is 5.42. The van der Waals surface area contributed by atoms with E-state index in [2.05, 4.69) is 20.8 Å². The highest BCUT2D eigenvalue weighted by molar-refractivity contribution is 8.15. The highest BCUT2D eigenvalue weighted by Gasteiger charge is 2.30. The van der Waals surface area contributed by atoms with E-state index in [1.165, 1.54) is 11.8 Å². The van der Waals surface area contributed by atoms with Crippen LogP contribution >= 0.6 is 11.8 Å². The van der Waals surface area contributed by atoms with E-state index in [-0.39, 0.29) is 18.2 Å². The summed E-state index contributed by atoms with van der Waals surface area (Å²) in [5.41, 5.74) is 1.52. The highest BCUT2D eigenvalue weighted by atomic mass is 32.2. The van der Waals surface area contributed by atoms with Gasteiger partial charge in [-0.05, 0) is 29.8 Å². The maximum atomic E-state index is 12.5. The number of carbonyl (C=O) groups excluding carboxylic acids is 2. The molecular weight excluding hydrogens is 364 g/mol. The third-order valence-corrected chi connectivity index (χ3v) is 4.75. The van der Waals surface area contributed by atoms with Gasteiger partial charge in [0.25, 0.3) is 0 Å². The van der Waals surface area contributed by atoms with Crippen LogP contribution in [0.25, 0.3) is 0 Å². The summed E-state index contributed by atoms with van der Waals surface area (Å²) in [6, 6.07) is 16.5. The van der Waals surface area contributed by atoms with E-state index in [0.717, 1.165) is 5.56 Å². The summed E-state index contributed by atoms with van der Waals surface area (Å²) in [5.74, 6) is 0.169. The summed E-state index contributed by atoms with van der Waals surface area (Å²) in [6.07, 6.45) is 1.66. The van der Waals surface area contributed by atoms with Crippen molar-refractivity contribution >= 4 is 40.6 Å². The van der Waals surface area contributed by atoms with E-state index in [9.17, 15) is 9.59 Å². The molecule has 1 fully saturated rings. The number of hydrogen-bond acceptors (Lipinski definition) is 6. The molecule has 2 aromatic rings. The Hall–Kier alpha value is -3.13. The predicted octanol–water partition coefficient (Wildman–Crippen LogP) is 2.65. The van der Waals surface area contributed by atoms with Crippen LogP contribution in [0, 0.1) is 0 Å². The largest absolute Gasteiger partial charge is 0.497 e. The van der Waals surface area contributed by atoms with E-state index in [4.69, 9.17) is 4.74 Å². The summed E-state index contributed by atoms with van der Waals surface area (Å²) in [5, 5.41) is 13.1. The molecule has 1 unspecified atom stereocenters. The molecule has 1 aliphatic rings. The third-order valence-electron chi connectivity index (χ3n) is 3.68. The van der Waals surface area contributed by atoms with E-state index in [1.54, 1.807) is 37.6 Å². The zero-order valence-corrected chi connectivity index (χ0v) is 15.4. The predicted molar refractivity (Wildman–Crippen MR) is 107 cm³/mol. The average Bonchev–Trinajstić information content (AvgIpc) is 2.69. The normalized spacial score (nSPS) is 18.3. The highest BCUT2D eigenvalue weighted by Crippen LogP contribution is 2.23. The molecule has 0 aromatic heterocycles. The van der Waals surface area contributed by atoms with Gasteiger partial charge in [-0.2, -0.15) is 5.10 Å². The number of amidine groups is 1. The molecule has 2 N–H and O–H groups in total. The number of amides is 2. The molecule has 1 aliphatic heterocycles. The monoisotopic (exact) mass is 382 g/mol. The Bertz CT molecular complexity index is 866. The lowest BCUT2D eigenvalue weighted by Gasteiger charge is -2.21. The fourth-order valence-electron chi connectivity index (χ4n) is 2.32. The molecule has 1 saturated heterocycles. The topological polar surface area (TPSA) is 92.1 Å². The van der Waals surface area contributed by atoms with Gasteiger partial charge in [-0.15, -0.1) is 5.10 Å². The first kappa shape index (κ1) is 18.7. The van der Waals surface area contributed by atoms with E-state index in [0.29, 0.717) is 16.6 Å². The van der Waals surface area contributed by atoms with Crippen molar-refractivity contribution in [3.8, 4) is 5.75 Å². The van der Waals surface area contributed by atoms with Crippen molar-refractivity contribution in [1.82, 2.24) is 5.32 Å². The minimum absolute atomic E-state index is 0.0775. The van der Waals surface area contributed by atoms with Crippen LogP contribution in [0.4, 0.5) is 5.69 Å². The standard InChI is InChI=1S/C19H18N4O3S/c1-26-15-9-7-14(8-10-15)21-18(25)16-11-17(24)22-19(27-16)23-20-12-13-5-3-2-4-6-13/h2-10,12,16H,11H2,1H3,(H,21,25)(H,22,23,24). The molecule has 0 spiro atoms. The number of carbonyl (C=O) groups is 2. The molecule has 0 saturated carbocycles. The number of thioether (sulfide) groups is 1. The lowest BCUT2D eigenvalue weighted by molar-refractivity contribution is -0.123. The second kappa shape index (κ2) is 9.00. The molecule has 0 bridgehead atoms. The van der Waals surface area contributed by atoms with E-state index in [1.807, 2.05) is 30.3 Å². The van der Waals surface area contributed by atoms with Crippen molar-refractivity contribution in [3.63, 3.8) is 0 Å². The van der Waals surface area contributed by atoms with Gasteiger partial charge in [0.1, 0.15) is 11.0 Å². The molecule has 8 heteroatoms. The Morgan fingerprint density at radius 3 is 2.67 bits per heavy atom. The second-order valence-electron chi connectivity index (χ2n) is 5.64. The van der Waals surface area contributed by atoms with Gasteiger partial charge in [-0.25, -0.2) is 0 Å². The zero-order chi connectivity index (χ0) is 19.1. The summed E-state index contributed by atoms with van der Waals surface area (Å²) >= 11 is 1.17. The van der Waals surface area contributed by atoms with E-state index >= 15 is 0 Å². The number of benzene rings is 2. The Kier molecular flexibility index (Phi) is 6.22. The van der Waals surface area contributed by atoms with Gasteiger partial charge < -0.3 is 15.4 Å². The molecule has 3 rings (SSSR count). The Morgan fingerprint density at radius 1 is 1.22 bits per heavy atom. The second-order valence-corrected chi connectivity index (χ2v) is 6.83. The first-order valence-corrected chi connectivity index (χ1v) is 9.09. The molecule has 2 amide bonds. The van der Waals surface area contributed by atoms with Gasteiger partial charge in [-0.3, -0.25) is 9.59 Å². The lowest BCUT2D eigenvalue weighted by atomic mass is 10.2. The fraction of sp³-hybridized carbons (Fsp3) is 0.158. The quantitative estimate of drug-likeness (QED) is 0.614. The van der Waals surface area contributed by atoms with Gasteiger partial charge >= 0.3 is 0 Å². The number of methoxy groups -OCH3 is 1. The zero-order valence-electron chi connectivity index (χ0n) is 14.6. The summed E-state index contributed by atoms with van der Waals surface area (Å²) in [6.45, 7) is 0. The summed E-state index contributed by atoms with van der Waals surface area (Å²) in [4.78, 5) is 24.4. The van der Waals surface area contributed by atoms with Crippen molar-refractivity contribution in [2.24, 2.45) is 10.2 Å². The number of hydrogen-bond donors (Lipinski definition) is 2. The van der Waals surface area contributed by atoms with Crippen LogP contribution in [-0.4, -0.2) is 35.6 Å². The van der Waals surface area contributed by atoms with Crippen molar-refractivity contribution in [2.45, 2.75) is 11.7 Å². The van der Waals surface area contributed by atoms with Crippen LogP contribution in [0.2, 0.25) is 0 Å². The van der Waals surface area contributed by atoms with Crippen LogP contribution in [-0.2, 0) is 9.59 Å². The number of nitrogens with zero attached hydrogens (tertiary/aromatic N) is 2. The van der Waals surface area contributed by atoms with Crippen molar-refractivity contribution in [1.29, 1.82) is 0 Å². The summed E-state index contributed by atoms with van der Waals surface area (Å²) < 4.78 is 5.09. The number of ether oxygens (including phenoxy) is 1. The van der Waals surface area contributed by atoms with Crippen LogP contribution in [0.15, 0.2) is 64.8 Å². The minimum atomic E-state index is -0.577. The van der Waals surface area contributed by atoms with Crippen LogP contribution < -0.4 is 15.4 Å². The molecule has 0 aliphatic carbocycles. The van der Waals surface area contributed by atoms with Crippen LogP contribution in [0.1, 0.15) is 12.0 Å². The molecule has 1 atom stereocenters. The first-order chi connectivity index (χ1) is 13.1. The first-order valence-electron chi connectivity index (χ1n) is 8.21. The van der Waals surface area contributed by atoms with Crippen molar-refractivity contribution < 1.29 is 14.3 Å². The van der Waals surface area contributed by atoms with Crippen molar-refractivity contribution in [3.05, 3.63) is 60.2 Å². The Morgan fingerprint density at radius 2 is 1.96 bits per heavy atom. The molecule has 7 nitrogen and oxygen atoms in total. The number of nitrogens with one attached hydrogen (secondary N) is 2. The number of anilines is 1. The van der Waals surface area contributed by atoms with Gasteiger partial charge in [0, 0.05) is 12.1 Å². The Balaban J connectivity index is 1.63. The maximum absolute atomic E-state index is 12.5. The molecule has 1 heterocycles. The number of rotatable bonds is 5. The van der Waals surface area contributed by atoms with E-state index < -0.39 is 5.25 Å². The van der Waals surface area contributed by atoms with Crippen LogP contribution in [0.5, 0.6) is 5.75 Å². The SMILES string of the molecule is COc1ccc(NC(=O)C2CC(=O)N/C(=N\N=Cc3ccccc3)S2)cc1. The molecule has 2 aromatic carbocycles. The molecular formula is C19H18N4O3S. The fourth-order valence-corrected chi connectivity index (χ4v) is 3.26. The van der Waals surface area contributed by atoms with Gasteiger partial charge in [0.2, 0.25) is 11.8 Å². The molecule has 138 valence electrons. The molecule has 0 radical (unpaired) electrons. The lowest BCUT2D eigenvalue weighted by Crippen LogP contribution is -2.41. The molecule has 27 heavy (non-hydrogen) atoms. The summed E-state index contributed by atoms with van der Waals surface area (Å²) in [7, 11) is 1.58. The minimum Gasteiger partial charge on any atom is -0.497 e. The van der Waals surface area contributed by atoms with Crippen molar-refractivity contribution in [2.75, 3.05) is 12.4 Å². The van der Waals surface area contributed by atoms with Gasteiger partial charge in [0.05, 0.1) is 13.3 Å². The Labute approximate surface area is 160 Å². The average molecular weight is 382 g/mol.